The Labute approximate surface area is 248 Å². The van der Waals surface area contributed by atoms with Gasteiger partial charge in [-0.05, 0) is 55.4 Å². The van der Waals surface area contributed by atoms with E-state index in [1.807, 2.05) is 19.1 Å². The maximum absolute atomic E-state index is 13.2. The fraction of sp³-hybridized carbons (Fsp3) is 0.588. The molecule has 0 radical (unpaired) electrons. The van der Waals surface area contributed by atoms with E-state index in [1.54, 1.807) is 41.7 Å². The van der Waals surface area contributed by atoms with Gasteiger partial charge >= 0.3 is 5.97 Å². The van der Waals surface area contributed by atoms with Crippen LogP contribution in [-0.4, -0.2) is 56.2 Å². The second kappa shape index (κ2) is 13.3. The summed E-state index contributed by atoms with van der Waals surface area (Å²) in [4.78, 5) is 25.6. The standard InChI is InChI=1S/C34H52O6Si/c1-25(23-34(10,38-11)30(37)33(8,9)28(35)22-29(36)40-31(2,3)4)24-39-41(32(5,6)7,26-18-14-12-15-19-26)27-20-16-13-17-21-27/h12-21,25,30,37H,22-24H2,1-11H3/t25-,30-,34-/m1/s1. The smallest absolute Gasteiger partial charge is 0.313 e. The minimum absolute atomic E-state index is 0.00647. The molecule has 0 amide bonds. The lowest BCUT2D eigenvalue weighted by Crippen LogP contribution is -2.67. The molecule has 0 aliphatic heterocycles. The van der Waals surface area contributed by atoms with Gasteiger partial charge in [0.25, 0.3) is 8.32 Å². The van der Waals surface area contributed by atoms with Gasteiger partial charge in [-0.15, -0.1) is 0 Å². The summed E-state index contributed by atoms with van der Waals surface area (Å²) in [5, 5.41) is 13.8. The normalized spacial score (nSPS) is 16.0. The second-order valence-corrected chi connectivity index (χ2v) is 18.4. The number of aliphatic hydroxyl groups is 1. The van der Waals surface area contributed by atoms with Crippen molar-refractivity contribution < 1.29 is 28.6 Å². The quantitative estimate of drug-likeness (QED) is 0.185. The van der Waals surface area contributed by atoms with Crippen LogP contribution >= 0.6 is 0 Å². The van der Waals surface area contributed by atoms with E-state index < -0.39 is 49.2 Å². The first kappa shape index (κ1) is 34.9. The van der Waals surface area contributed by atoms with Crippen molar-refractivity contribution in [3.8, 4) is 0 Å². The number of benzene rings is 2. The van der Waals surface area contributed by atoms with E-state index >= 15 is 0 Å². The van der Waals surface area contributed by atoms with E-state index in [0.717, 1.165) is 0 Å². The summed E-state index contributed by atoms with van der Waals surface area (Å²) >= 11 is 0. The molecule has 0 aromatic heterocycles. The third-order valence-corrected chi connectivity index (χ3v) is 12.9. The van der Waals surface area contributed by atoms with Crippen molar-refractivity contribution in [2.75, 3.05) is 13.7 Å². The van der Waals surface area contributed by atoms with Crippen molar-refractivity contribution in [3.05, 3.63) is 60.7 Å². The van der Waals surface area contributed by atoms with Crippen LogP contribution in [0.4, 0.5) is 0 Å². The molecule has 0 aliphatic rings. The molecule has 3 atom stereocenters. The van der Waals surface area contributed by atoms with Crippen molar-refractivity contribution in [3.63, 3.8) is 0 Å². The number of ether oxygens (including phenoxy) is 2. The third kappa shape index (κ3) is 8.37. The van der Waals surface area contributed by atoms with Gasteiger partial charge in [0.2, 0.25) is 0 Å². The lowest BCUT2D eigenvalue weighted by Gasteiger charge is -2.45. The van der Waals surface area contributed by atoms with Crippen molar-refractivity contribution in [1.29, 1.82) is 0 Å². The number of methoxy groups -OCH3 is 1. The number of Topliss-reactive ketones (excluding diaryl/α,β-unsaturated/α-hetero) is 1. The minimum atomic E-state index is -2.73. The van der Waals surface area contributed by atoms with Crippen molar-refractivity contribution in [2.45, 2.75) is 104 Å². The monoisotopic (exact) mass is 584 g/mol. The SMILES string of the molecule is CO[C@](C)(C[C@@H](C)CO[Si](c1ccccc1)(c1ccccc1)C(C)(C)C)[C@H](O)C(C)(C)C(=O)CC(=O)OC(C)(C)C. The first-order valence-electron chi connectivity index (χ1n) is 14.5. The maximum Gasteiger partial charge on any atom is 0.313 e. The fourth-order valence-corrected chi connectivity index (χ4v) is 10.4. The molecular formula is C34H52O6Si. The van der Waals surface area contributed by atoms with E-state index in [0.29, 0.717) is 13.0 Å². The number of aliphatic hydroxyl groups excluding tert-OH is 1. The first-order valence-corrected chi connectivity index (χ1v) is 16.4. The molecule has 2 rings (SSSR count). The van der Waals surface area contributed by atoms with Gasteiger partial charge in [-0.25, -0.2) is 0 Å². The highest BCUT2D eigenvalue weighted by atomic mass is 28.4. The molecule has 1 N–H and O–H groups in total. The molecule has 0 unspecified atom stereocenters. The summed E-state index contributed by atoms with van der Waals surface area (Å²) in [6.07, 6.45) is -1.12. The zero-order valence-electron chi connectivity index (χ0n) is 27.0. The average molecular weight is 585 g/mol. The fourth-order valence-electron chi connectivity index (χ4n) is 5.74. The lowest BCUT2D eigenvalue weighted by atomic mass is 9.71. The number of carbonyl (C=O) groups excluding carboxylic acids is 2. The summed E-state index contributed by atoms with van der Waals surface area (Å²) in [5.41, 5.74) is -2.98. The third-order valence-electron chi connectivity index (χ3n) is 7.93. The molecule has 2 aromatic carbocycles. The van der Waals surface area contributed by atoms with Gasteiger partial charge in [0.15, 0.2) is 5.78 Å². The topological polar surface area (TPSA) is 82.1 Å². The Bertz CT molecular complexity index is 1090. The molecule has 0 fully saturated rings. The van der Waals surface area contributed by atoms with Crippen LogP contribution in [0.2, 0.25) is 5.04 Å². The zero-order valence-corrected chi connectivity index (χ0v) is 28.0. The van der Waals surface area contributed by atoms with E-state index in [9.17, 15) is 14.7 Å². The molecular weight excluding hydrogens is 532 g/mol. The number of rotatable bonds is 13. The Balaban J connectivity index is 2.30. The van der Waals surface area contributed by atoms with Gasteiger partial charge in [-0.2, -0.15) is 0 Å². The van der Waals surface area contributed by atoms with Crippen LogP contribution in [0.5, 0.6) is 0 Å². The van der Waals surface area contributed by atoms with Gasteiger partial charge in [0.1, 0.15) is 12.0 Å². The predicted molar refractivity (Wildman–Crippen MR) is 168 cm³/mol. The molecule has 0 aliphatic carbocycles. The number of carbonyl (C=O) groups is 2. The van der Waals surface area contributed by atoms with Crippen LogP contribution in [0.15, 0.2) is 60.7 Å². The van der Waals surface area contributed by atoms with Crippen molar-refractivity contribution in [1.82, 2.24) is 0 Å². The molecule has 228 valence electrons. The van der Waals surface area contributed by atoms with Gasteiger partial charge in [0.05, 0.1) is 17.1 Å². The minimum Gasteiger partial charge on any atom is -0.460 e. The van der Waals surface area contributed by atoms with E-state index in [1.165, 1.54) is 10.4 Å². The Morgan fingerprint density at radius 2 is 1.29 bits per heavy atom. The molecule has 0 heterocycles. The largest absolute Gasteiger partial charge is 0.460 e. The number of hydrogen-bond acceptors (Lipinski definition) is 6. The molecule has 6 nitrogen and oxygen atoms in total. The van der Waals surface area contributed by atoms with Gasteiger partial charge in [-0.1, -0.05) is 102 Å². The summed E-state index contributed by atoms with van der Waals surface area (Å²) in [6, 6.07) is 21.0. The van der Waals surface area contributed by atoms with E-state index in [2.05, 4.69) is 76.2 Å². The zero-order chi connectivity index (χ0) is 31.3. The summed E-state index contributed by atoms with van der Waals surface area (Å²) < 4.78 is 18.3. The summed E-state index contributed by atoms with van der Waals surface area (Å²) in [5.74, 6) is -0.999. The predicted octanol–water partition coefficient (Wildman–Crippen LogP) is 5.68. The highest BCUT2D eigenvalue weighted by molar-refractivity contribution is 6.99. The molecule has 0 spiro atoms. The Morgan fingerprint density at radius 1 is 0.829 bits per heavy atom. The maximum atomic E-state index is 13.2. The summed E-state index contributed by atoms with van der Waals surface area (Å²) in [6.45, 7) is 19.7. The number of esters is 1. The average Bonchev–Trinajstić information content (AvgIpc) is 2.87. The van der Waals surface area contributed by atoms with Gasteiger partial charge < -0.3 is 19.0 Å². The van der Waals surface area contributed by atoms with E-state index in [-0.39, 0.29) is 11.0 Å². The van der Waals surface area contributed by atoms with Gasteiger partial charge in [0, 0.05) is 13.7 Å². The van der Waals surface area contributed by atoms with Crippen LogP contribution in [0.3, 0.4) is 0 Å². The Hall–Kier alpha value is -2.32. The van der Waals surface area contributed by atoms with Crippen LogP contribution in [0, 0.1) is 11.3 Å². The van der Waals surface area contributed by atoms with Crippen LogP contribution < -0.4 is 10.4 Å². The van der Waals surface area contributed by atoms with Crippen LogP contribution in [0.1, 0.15) is 82.1 Å². The molecule has 0 bridgehead atoms. The van der Waals surface area contributed by atoms with Crippen LogP contribution in [-0.2, 0) is 23.5 Å². The lowest BCUT2D eigenvalue weighted by molar-refractivity contribution is -0.168. The van der Waals surface area contributed by atoms with Crippen molar-refractivity contribution in [2.24, 2.45) is 11.3 Å². The number of ketones is 1. The highest BCUT2D eigenvalue weighted by Crippen LogP contribution is 2.39. The second-order valence-electron chi connectivity index (χ2n) is 14.1. The molecule has 2 aromatic rings. The molecule has 41 heavy (non-hydrogen) atoms. The molecule has 0 saturated heterocycles. The summed E-state index contributed by atoms with van der Waals surface area (Å²) in [7, 11) is -1.18. The van der Waals surface area contributed by atoms with Gasteiger partial charge in [-0.3, -0.25) is 9.59 Å². The molecule has 0 saturated carbocycles. The Morgan fingerprint density at radius 3 is 1.68 bits per heavy atom. The van der Waals surface area contributed by atoms with Crippen LogP contribution in [0.25, 0.3) is 0 Å². The van der Waals surface area contributed by atoms with Crippen molar-refractivity contribution >= 4 is 30.4 Å². The Kier molecular flexibility index (Phi) is 11.3. The number of hydrogen-bond donors (Lipinski definition) is 1. The highest BCUT2D eigenvalue weighted by Gasteiger charge is 2.51. The first-order chi connectivity index (χ1) is 18.8. The van der Waals surface area contributed by atoms with E-state index in [4.69, 9.17) is 13.9 Å². The molecule has 7 heteroatoms.